The standard InChI is InChI=1S/C14H12ClF2N/c1-9(10-4-2-5-11(16)8-10)18-14-12(15)6-3-7-13(14)17/h2-9,18H,1H3. The highest BCUT2D eigenvalue weighted by atomic mass is 35.5. The lowest BCUT2D eigenvalue weighted by atomic mass is 10.1. The third-order valence-electron chi connectivity index (χ3n) is 2.67. The predicted molar refractivity (Wildman–Crippen MR) is 69.8 cm³/mol. The molecule has 0 saturated heterocycles. The summed E-state index contributed by atoms with van der Waals surface area (Å²) in [7, 11) is 0. The molecule has 4 heteroatoms. The molecule has 0 spiro atoms. The summed E-state index contributed by atoms with van der Waals surface area (Å²) >= 11 is 5.92. The van der Waals surface area contributed by atoms with Crippen molar-refractivity contribution in [3.8, 4) is 0 Å². The average molecular weight is 268 g/mol. The molecule has 0 aliphatic rings. The lowest BCUT2D eigenvalue weighted by Crippen LogP contribution is -2.08. The van der Waals surface area contributed by atoms with Gasteiger partial charge in [0.15, 0.2) is 0 Å². The molecule has 0 aromatic heterocycles. The first-order chi connectivity index (χ1) is 8.58. The molecule has 0 saturated carbocycles. The van der Waals surface area contributed by atoms with Gasteiger partial charge in [-0.3, -0.25) is 0 Å². The van der Waals surface area contributed by atoms with E-state index in [1.165, 1.54) is 24.3 Å². The van der Waals surface area contributed by atoms with Gasteiger partial charge in [-0.2, -0.15) is 0 Å². The monoisotopic (exact) mass is 267 g/mol. The van der Waals surface area contributed by atoms with Gasteiger partial charge in [0, 0.05) is 6.04 Å². The second-order valence-corrected chi connectivity index (χ2v) is 4.42. The van der Waals surface area contributed by atoms with Crippen molar-refractivity contribution in [2.45, 2.75) is 13.0 Å². The summed E-state index contributed by atoms with van der Waals surface area (Å²) in [5.74, 6) is -0.744. The van der Waals surface area contributed by atoms with Crippen molar-refractivity contribution >= 4 is 17.3 Å². The minimum Gasteiger partial charge on any atom is -0.375 e. The molecule has 2 aromatic carbocycles. The number of rotatable bonds is 3. The highest BCUT2D eigenvalue weighted by Crippen LogP contribution is 2.28. The number of hydrogen-bond donors (Lipinski definition) is 1. The summed E-state index contributed by atoms with van der Waals surface area (Å²) in [4.78, 5) is 0. The summed E-state index contributed by atoms with van der Waals surface area (Å²) < 4.78 is 26.7. The van der Waals surface area contributed by atoms with Crippen LogP contribution in [-0.2, 0) is 0 Å². The van der Waals surface area contributed by atoms with E-state index in [9.17, 15) is 8.78 Å². The van der Waals surface area contributed by atoms with Gasteiger partial charge in [-0.25, -0.2) is 8.78 Å². The van der Waals surface area contributed by atoms with Gasteiger partial charge < -0.3 is 5.32 Å². The molecular weight excluding hydrogens is 256 g/mol. The van der Waals surface area contributed by atoms with Crippen LogP contribution in [0.1, 0.15) is 18.5 Å². The Bertz CT molecular complexity index is 537. The largest absolute Gasteiger partial charge is 0.375 e. The first-order valence-electron chi connectivity index (χ1n) is 5.54. The maximum atomic E-state index is 13.6. The third-order valence-corrected chi connectivity index (χ3v) is 2.99. The predicted octanol–water partition coefficient (Wildman–Crippen LogP) is 4.79. The van der Waals surface area contributed by atoms with Crippen LogP contribution < -0.4 is 5.32 Å². The summed E-state index contributed by atoms with van der Waals surface area (Å²) in [6.45, 7) is 1.82. The second-order valence-electron chi connectivity index (χ2n) is 4.02. The van der Waals surface area contributed by atoms with E-state index < -0.39 is 5.82 Å². The van der Waals surface area contributed by atoms with E-state index in [0.29, 0.717) is 5.02 Å². The Kier molecular flexibility index (Phi) is 3.82. The molecule has 0 aliphatic carbocycles. The number of halogens is 3. The lowest BCUT2D eigenvalue weighted by molar-refractivity contribution is 0.621. The zero-order valence-corrected chi connectivity index (χ0v) is 10.5. The molecule has 1 unspecified atom stereocenters. The molecule has 0 aliphatic heterocycles. The quantitative estimate of drug-likeness (QED) is 0.843. The Morgan fingerprint density at radius 2 is 1.83 bits per heavy atom. The van der Waals surface area contributed by atoms with E-state index in [1.54, 1.807) is 18.2 Å². The number of para-hydroxylation sites is 1. The third kappa shape index (κ3) is 2.79. The SMILES string of the molecule is CC(Nc1c(F)cccc1Cl)c1cccc(F)c1. The lowest BCUT2D eigenvalue weighted by Gasteiger charge is -2.17. The van der Waals surface area contributed by atoms with E-state index in [2.05, 4.69) is 5.32 Å². The van der Waals surface area contributed by atoms with Gasteiger partial charge in [0.25, 0.3) is 0 Å². The minimum atomic E-state index is -0.425. The van der Waals surface area contributed by atoms with Crippen molar-refractivity contribution < 1.29 is 8.78 Å². The smallest absolute Gasteiger partial charge is 0.147 e. The molecule has 1 nitrogen and oxygen atoms in total. The van der Waals surface area contributed by atoms with Gasteiger partial charge in [0.05, 0.1) is 10.7 Å². The summed E-state index contributed by atoms with van der Waals surface area (Å²) in [6.07, 6.45) is 0. The van der Waals surface area contributed by atoms with Crippen LogP contribution in [0.15, 0.2) is 42.5 Å². The van der Waals surface area contributed by atoms with Gasteiger partial charge in [0.2, 0.25) is 0 Å². The first-order valence-corrected chi connectivity index (χ1v) is 5.91. The van der Waals surface area contributed by atoms with E-state index in [0.717, 1.165) is 5.56 Å². The summed E-state index contributed by atoms with van der Waals surface area (Å²) in [6, 6.07) is 10.4. The van der Waals surface area contributed by atoms with Crippen LogP contribution in [0.3, 0.4) is 0 Å². The Hall–Kier alpha value is -1.61. The molecule has 2 aromatic rings. The maximum absolute atomic E-state index is 13.6. The van der Waals surface area contributed by atoms with Crippen LogP contribution in [0.5, 0.6) is 0 Å². The highest BCUT2D eigenvalue weighted by molar-refractivity contribution is 6.33. The van der Waals surface area contributed by atoms with Crippen molar-refractivity contribution in [1.29, 1.82) is 0 Å². The van der Waals surface area contributed by atoms with Crippen molar-refractivity contribution in [2.24, 2.45) is 0 Å². The van der Waals surface area contributed by atoms with Crippen LogP contribution in [0, 0.1) is 11.6 Å². The zero-order valence-electron chi connectivity index (χ0n) is 9.75. The van der Waals surface area contributed by atoms with Crippen LogP contribution in [0.2, 0.25) is 5.02 Å². The molecule has 1 atom stereocenters. The van der Waals surface area contributed by atoms with Crippen molar-refractivity contribution in [2.75, 3.05) is 5.32 Å². The van der Waals surface area contributed by atoms with Gasteiger partial charge in [-0.1, -0.05) is 29.8 Å². The molecule has 94 valence electrons. The fraction of sp³-hybridized carbons (Fsp3) is 0.143. The van der Waals surface area contributed by atoms with E-state index in [-0.39, 0.29) is 17.5 Å². The van der Waals surface area contributed by atoms with Gasteiger partial charge >= 0.3 is 0 Å². The number of anilines is 1. The fourth-order valence-corrected chi connectivity index (χ4v) is 1.93. The summed E-state index contributed by atoms with van der Waals surface area (Å²) in [5, 5.41) is 3.25. The Morgan fingerprint density at radius 1 is 1.11 bits per heavy atom. The summed E-state index contributed by atoms with van der Waals surface area (Å²) in [5.41, 5.74) is 0.963. The molecular formula is C14H12ClF2N. The fourth-order valence-electron chi connectivity index (χ4n) is 1.71. The van der Waals surface area contributed by atoms with E-state index in [1.807, 2.05) is 6.92 Å². The molecule has 0 bridgehead atoms. The van der Waals surface area contributed by atoms with Gasteiger partial charge in [-0.05, 0) is 36.8 Å². The second kappa shape index (κ2) is 5.36. The van der Waals surface area contributed by atoms with Crippen molar-refractivity contribution in [3.63, 3.8) is 0 Å². The minimum absolute atomic E-state index is 0.232. The van der Waals surface area contributed by atoms with Crippen LogP contribution in [-0.4, -0.2) is 0 Å². The van der Waals surface area contributed by atoms with E-state index in [4.69, 9.17) is 11.6 Å². The van der Waals surface area contributed by atoms with Gasteiger partial charge in [0.1, 0.15) is 11.6 Å². The topological polar surface area (TPSA) is 12.0 Å². The normalized spacial score (nSPS) is 12.2. The molecule has 0 fully saturated rings. The Morgan fingerprint density at radius 3 is 2.50 bits per heavy atom. The molecule has 0 radical (unpaired) electrons. The highest BCUT2D eigenvalue weighted by Gasteiger charge is 2.11. The van der Waals surface area contributed by atoms with Crippen molar-refractivity contribution in [1.82, 2.24) is 0 Å². The molecule has 18 heavy (non-hydrogen) atoms. The number of hydrogen-bond acceptors (Lipinski definition) is 1. The van der Waals surface area contributed by atoms with Crippen LogP contribution in [0.25, 0.3) is 0 Å². The molecule has 0 amide bonds. The molecule has 1 N–H and O–H groups in total. The number of benzene rings is 2. The maximum Gasteiger partial charge on any atom is 0.147 e. The molecule has 0 heterocycles. The Balaban J connectivity index is 2.24. The van der Waals surface area contributed by atoms with Crippen molar-refractivity contribution in [3.05, 3.63) is 64.7 Å². The van der Waals surface area contributed by atoms with Crippen LogP contribution >= 0.6 is 11.6 Å². The Labute approximate surface area is 109 Å². The van der Waals surface area contributed by atoms with E-state index >= 15 is 0 Å². The average Bonchev–Trinajstić information content (AvgIpc) is 2.34. The molecule has 2 rings (SSSR count). The van der Waals surface area contributed by atoms with Gasteiger partial charge in [-0.15, -0.1) is 0 Å². The number of nitrogens with one attached hydrogen (secondary N) is 1. The first kappa shape index (κ1) is 12.8. The zero-order chi connectivity index (χ0) is 13.1. The van der Waals surface area contributed by atoms with Crippen LogP contribution in [0.4, 0.5) is 14.5 Å².